The minimum absolute atomic E-state index is 0.115. The number of hydrogen-bond acceptors (Lipinski definition) is 6. The third-order valence-electron chi connectivity index (χ3n) is 5.37. The number of aromatic nitrogens is 1. The predicted molar refractivity (Wildman–Crippen MR) is 117 cm³/mol. The van der Waals surface area contributed by atoms with Crippen molar-refractivity contribution < 1.29 is 12.8 Å². The monoisotopic (exact) mass is 460 g/mol. The Morgan fingerprint density at radius 1 is 1.31 bits per heavy atom. The molecule has 0 amide bonds. The molecule has 10 heteroatoms. The largest absolute Gasteiger partial charge is 0.379 e. The fraction of sp³-hybridized carbons (Fsp3) is 0.526. The summed E-state index contributed by atoms with van der Waals surface area (Å²) in [6, 6.07) is 3.12. The van der Waals surface area contributed by atoms with Crippen LogP contribution in [0, 0.1) is 5.82 Å². The maximum absolute atomic E-state index is 14.7. The lowest BCUT2D eigenvalue weighted by Crippen LogP contribution is -2.49. The standard InChI is InChI=1S/C19H26ClFN4O2S2/c1-12(2)25(3)17-7-5-4-6-15(17)23-16-11-14(21)18(10-13(16)20)29(26,27)24-19-22-8-9-28-19/h8-12,15,17,23H,4-7H2,1-3H3,(H,22,24)/t15-,17-/m0/s1. The molecule has 29 heavy (non-hydrogen) atoms. The van der Waals surface area contributed by atoms with Gasteiger partial charge in [0.25, 0.3) is 10.0 Å². The van der Waals surface area contributed by atoms with Gasteiger partial charge in [-0.15, -0.1) is 11.3 Å². The molecule has 6 nitrogen and oxygen atoms in total. The van der Waals surface area contributed by atoms with Gasteiger partial charge in [-0.1, -0.05) is 24.4 Å². The number of halogens is 2. The Kier molecular flexibility index (Phi) is 7.03. The molecule has 2 aromatic rings. The van der Waals surface area contributed by atoms with Gasteiger partial charge in [-0.05, 0) is 45.9 Å². The average molecular weight is 461 g/mol. The Labute approximate surface area is 180 Å². The number of benzene rings is 1. The number of rotatable bonds is 7. The summed E-state index contributed by atoms with van der Waals surface area (Å²) in [4.78, 5) is 5.69. The van der Waals surface area contributed by atoms with Gasteiger partial charge in [-0.25, -0.2) is 17.8 Å². The van der Waals surface area contributed by atoms with Crippen LogP contribution < -0.4 is 10.0 Å². The Hall–Kier alpha value is -1.42. The van der Waals surface area contributed by atoms with Crippen LogP contribution in [0.5, 0.6) is 0 Å². The van der Waals surface area contributed by atoms with E-state index in [0.717, 1.165) is 43.1 Å². The van der Waals surface area contributed by atoms with Crippen molar-refractivity contribution in [2.75, 3.05) is 17.1 Å². The van der Waals surface area contributed by atoms with E-state index < -0.39 is 20.7 Å². The van der Waals surface area contributed by atoms with E-state index in [2.05, 4.69) is 40.8 Å². The van der Waals surface area contributed by atoms with Crippen LogP contribution in [0.1, 0.15) is 39.5 Å². The van der Waals surface area contributed by atoms with Crippen LogP contribution in [0.4, 0.5) is 15.2 Å². The van der Waals surface area contributed by atoms with E-state index in [1.54, 1.807) is 5.38 Å². The third kappa shape index (κ3) is 5.20. The van der Waals surface area contributed by atoms with Crippen molar-refractivity contribution in [2.24, 2.45) is 0 Å². The van der Waals surface area contributed by atoms with Crippen LogP contribution in [-0.4, -0.2) is 43.5 Å². The van der Waals surface area contributed by atoms with Crippen LogP contribution >= 0.6 is 22.9 Å². The molecule has 160 valence electrons. The number of anilines is 2. The summed E-state index contributed by atoms with van der Waals surface area (Å²) < 4.78 is 42.1. The van der Waals surface area contributed by atoms with Crippen LogP contribution in [0.3, 0.4) is 0 Å². The molecule has 2 N–H and O–H groups in total. The molecular weight excluding hydrogens is 435 g/mol. The summed E-state index contributed by atoms with van der Waals surface area (Å²) in [5, 5.41) is 5.33. The minimum atomic E-state index is -4.12. The Morgan fingerprint density at radius 3 is 2.69 bits per heavy atom. The van der Waals surface area contributed by atoms with Gasteiger partial charge in [0.05, 0.1) is 10.7 Å². The van der Waals surface area contributed by atoms with Gasteiger partial charge in [-0.2, -0.15) is 0 Å². The Morgan fingerprint density at radius 2 is 2.03 bits per heavy atom. The summed E-state index contributed by atoms with van der Waals surface area (Å²) in [5.41, 5.74) is 0.409. The smallest absolute Gasteiger partial charge is 0.266 e. The zero-order chi connectivity index (χ0) is 21.2. The normalized spacial score (nSPS) is 20.2. The first kappa shape index (κ1) is 22.3. The van der Waals surface area contributed by atoms with Gasteiger partial charge in [0, 0.05) is 29.7 Å². The summed E-state index contributed by atoms with van der Waals surface area (Å²) in [5.74, 6) is -0.856. The summed E-state index contributed by atoms with van der Waals surface area (Å²) in [6.45, 7) is 4.29. The molecule has 0 aliphatic heterocycles. The van der Waals surface area contributed by atoms with Crippen LogP contribution in [-0.2, 0) is 10.0 Å². The first-order valence-electron chi connectivity index (χ1n) is 9.59. The van der Waals surface area contributed by atoms with E-state index in [9.17, 15) is 12.8 Å². The Bertz CT molecular complexity index is 938. The highest BCUT2D eigenvalue weighted by atomic mass is 35.5. The zero-order valence-electron chi connectivity index (χ0n) is 16.7. The van der Waals surface area contributed by atoms with Gasteiger partial charge in [-0.3, -0.25) is 9.62 Å². The van der Waals surface area contributed by atoms with Crippen molar-refractivity contribution >= 4 is 43.8 Å². The molecule has 2 atom stereocenters. The molecule has 1 aromatic heterocycles. The molecule has 0 spiro atoms. The first-order chi connectivity index (χ1) is 13.7. The van der Waals surface area contributed by atoms with Crippen molar-refractivity contribution in [2.45, 2.75) is 62.6 Å². The highest BCUT2D eigenvalue weighted by Gasteiger charge is 2.30. The molecule has 3 rings (SSSR count). The van der Waals surface area contributed by atoms with E-state index in [0.29, 0.717) is 17.8 Å². The molecule has 1 heterocycles. The maximum Gasteiger partial charge on any atom is 0.266 e. The third-order valence-corrected chi connectivity index (χ3v) is 7.86. The molecule has 1 saturated carbocycles. The quantitative estimate of drug-likeness (QED) is 0.620. The molecule has 1 aliphatic carbocycles. The fourth-order valence-corrected chi connectivity index (χ4v) is 5.80. The highest BCUT2D eigenvalue weighted by molar-refractivity contribution is 7.93. The lowest BCUT2D eigenvalue weighted by Gasteiger charge is -2.41. The van der Waals surface area contributed by atoms with E-state index in [1.807, 2.05) is 0 Å². The number of sulfonamides is 1. The number of thiazole rings is 1. The first-order valence-corrected chi connectivity index (χ1v) is 12.3. The number of likely N-dealkylation sites (N-methyl/N-ethyl adjacent to an activating group) is 1. The van der Waals surface area contributed by atoms with Crippen LogP contribution in [0.25, 0.3) is 0 Å². The average Bonchev–Trinajstić information content (AvgIpc) is 3.16. The van der Waals surface area contributed by atoms with Crippen molar-refractivity contribution in [3.63, 3.8) is 0 Å². The summed E-state index contributed by atoms with van der Waals surface area (Å²) in [6.07, 6.45) is 5.71. The van der Waals surface area contributed by atoms with Crippen LogP contribution in [0.2, 0.25) is 5.02 Å². The highest BCUT2D eigenvalue weighted by Crippen LogP contribution is 2.33. The molecule has 1 fully saturated rings. The summed E-state index contributed by atoms with van der Waals surface area (Å²) in [7, 11) is -2.02. The van der Waals surface area contributed by atoms with Crippen molar-refractivity contribution in [1.29, 1.82) is 0 Å². The Balaban J connectivity index is 1.83. The molecule has 1 aromatic carbocycles. The fourth-order valence-electron chi connectivity index (χ4n) is 3.64. The van der Waals surface area contributed by atoms with Crippen molar-refractivity contribution in [3.8, 4) is 0 Å². The molecule has 1 aliphatic rings. The van der Waals surface area contributed by atoms with Gasteiger partial charge >= 0.3 is 0 Å². The second kappa shape index (κ2) is 9.16. The van der Waals surface area contributed by atoms with E-state index >= 15 is 0 Å². The zero-order valence-corrected chi connectivity index (χ0v) is 19.0. The van der Waals surface area contributed by atoms with E-state index in [4.69, 9.17) is 11.6 Å². The predicted octanol–water partition coefficient (Wildman–Crippen LogP) is 4.80. The maximum atomic E-state index is 14.7. The van der Waals surface area contributed by atoms with Gasteiger partial charge in [0.1, 0.15) is 10.7 Å². The molecule has 0 radical (unpaired) electrons. The van der Waals surface area contributed by atoms with E-state index in [-0.39, 0.29) is 16.2 Å². The topological polar surface area (TPSA) is 74.3 Å². The lowest BCUT2D eigenvalue weighted by atomic mass is 9.88. The molecule has 0 saturated heterocycles. The molecule has 0 unspecified atom stereocenters. The lowest BCUT2D eigenvalue weighted by molar-refractivity contribution is 0.143. The molecular formula is C19H26ClFN4O2S2. The minimum Gasteiger partial charge on any atom is -0.379 e. The van der Waals surface area contributed by atoms with Crippen molar-refractivity contribution in [3.05, 3.63) is 34.5 Å². The number of nitrogens with one attached hydrogen (secondary N) is 2. The number of hydrogen-bond donors (Lipinski definition) is 2. The number of nitrogens with zero attached hydrogens (tertiary/aromatic N) is 2. The van der Waals surface area contributed by atoms with Crippen molar-refractivity contribution in [1.82, 2.24) is 9.88 Å². The van der Waals surface area contributed by atoms with E-state index in [1.165, 1.54) is 12.3 Å². The van der Waals surface area contributed by atoms with Crippen LogP contribution in [0.15, 0.2) is 28.6 Å². The SMILES string of the molecule is CC(C)N(C)[C@H]1CCCC[C@@H]1Nc1cc(F)c(S(=O)(=O)Nc2nccs2)cc1Cl. The summed E-state index contributed by atoms with van der Waals surface area (Å²) >= 11 is 7.46. The second-order valence-corrected chi connectivity index (χ2v) is 10.5. The van der Waals surface area contributed by atoms with Gasteiger partial charge in [0.15, 0.2) is 5.13 Å². The second-order valence-electron chi connectivity index (χ2n) is 7.57. The molecule has 0 bridgehead atoms. The van der Waals surface area contributed by atoms with Gasteiger partial charge < -0.3 is 5.32 Å². The van der Waals surface area contributed by atoms with Gasteiger partial charge in [0.2, 0.25) is 0 Å².